The number of fused-ring (bicyclic) bond motifs is 2. The van der Waals surface area contributed by atoms with Crippen LogP contribution in [0.2, 0.25) is 0 Å². The normalized spacial score (nSPS) is 24.1. The number of rotatable bonds is 6. The fraction of sp³-hybridized carbons (Fsp3) is 0.600. The second-order valence-electron chi connectivity index (χ2n) is 7.54. The number of carbonyl (C=O) groups excluding carboxylic acids is 1. The lowest BCUT2D eigenvalue weighted by atomic mass is 9.95. The first-order valence-electron chi connectivity index (χ1n) is 9.40. The van der Waals surface area contributed by atoms with Crippen molar-refractivity contribution in [3.63, 3.8) is 0 Å². The molecule has 0 aliphatic heterocycles. The summed E-state index contributed by atoms with van der Waals surface area (Å²) in [5.41, 5.74) is 1.30. The third kappa shape index (κ3) is 5.86. The first kappa shape index (κ1) is 21.0. The number of hydrogen-bond acceptors (Lipinski definition) is 2. The zero-order valence-corrected chi connectivity index (χ0v) is 18.1. The van der Waals surface area contributed by atoms with E-state index in [1.807, 2.05) is 6.07 Å². The predicted octanol–water partition coefficient (Wildman–Crippen LogP) is 2.66. The van der Waals surface area contributed by atoms with Crippen LogP contribution in [0.25, 0.3) is 0 Å². The summed E-state index contributed by atoms with van der Waals surface area (Å²) in [6, 6.07) is 10.9. The van der Waals surface area contributed by atoms with Crippen molar-refractivity contribution in [3.05, 3.63) is 35.9 Å². The molecule has 2 saturated carbocycles. The van der Waals surface area contributed by atoms with Crippen molar-refractivity contribution >= 4 is 35.8 Å². The van der Waals surface area contributed by atoms with E-state index >= 15 is 0 Å². The standard InChI is InChI=1S/C20H30N4O.HI/c1-24(2)19(25)14-22-20(21-11-10-15-6-4-3-5-7-15)23-18-13-16-8-9-17(18)12-16;/h3-7,16-18H,8-14H2,1-2H3,(H2,21,22,23);1H. The molecule has 0 heterocycles. The third-order valence-electron chi connectivity index (χ3n) is 5.48. The largest absolute Gasteiger partial charge is 0.356 e. The van der Waals surface area contributed by atoms with Gasteiger partial charge in [-0.2, -0.15) is 0 Å². The molecule has 1 amide bonds. The van der Waals surface area contributed by atoms with Gasteiger partial charge in [0.25, 0.3) is 0 Å². The third-order valence-corrected chi connectivity index (χ3v) is 5.48. The van der Waals surface area contributed by atoms with E-state index in [4.69, 9.17) is 0 Å². The van der Waals surface area contributed by atoms with Gasteiger partial charge in [-0.25, -0.2) is 4.99 Å². The Labute approximate surface area is 174 Å². The predicted molar refractivity (Wildman–Crippen MR) is 117 cm³/mol. The lowest BCUT2D eigenvalue weighted by Crippen LogP contribution is -2.46. The maximum Gasteiger partial charge on any atom is 0.243 e. The van der Waals surface area contributed by atoms with Crippen molar-refractivity contribution in [2.24, 2.45) is 16.8 Å². The summed E-state index contributed by atoms with van der Waals surface area (Å²) < 4.78 is 0. The fourth-order valence-electron chi connectivity index (χ4n) is 4.01. The zero-order valence-electron chi connectivity index (χ0n) is 15.8. The minimum Gasteiger partial charge on any atom is -0.356 e. The molecule has 6 heteroatoms. The molecule has 3 unspecified atom stereocenters. The number of benzene rings is 1. The lowest BCUT2D eigenvalue weighted by Gasteiger charge is -2.25. The van der Waals surface area contributed by atoms with E-state index in [2.05, 4.69) is 39.9 Å². The fourth-order valence-corrected chi connectivity index (χ4v) is 4.01. The van der Waals surface area contributed by atoms with E-state index < -0.39 is 0 Å². The van der Waals surface area contributed by atoms with E-state index in [1.165, 1.54) is 31.2 Å². The monoisotopic (exact) mass is 470 g/mol. The summed E-state index contributed by atoms with van der Waals surface area (Å²) >= 11 is 0. The van der Waals surface area contributed by atoms with E-state index in [0.717, 1.165) is 30.8 Å². The lowest BCUT2D eigenvalue weighted by molar-refractivity contribution is -0.127. The Morgan fingerprint density at radius 2 is 1.96 bits per heavy atom. The van der Waals surface area contributed by atoms with Gasteiger partial charge in [0.15, 0.2) is 5.96 Å². The first-order valence-corrected chi connectivity index (χ1v) is 9.40. The molecule has 3 rings (SSSR count). The molecule has 0 saturated heterocycles. The van der Waals surface area contributed by atoms with Crippen LogP contribution in [0.5, 0.6) is 0 Å². The summed E-state index contributed by atoms with van der Waals surface area (Å²) in [7, 11) is 3.54. The van der Waals surface area contributed by atoms with Crippen molar-refractivity contribution in [2.75, 3.05) is 27.2 Å². The van der Waals surface area contributed by atoms with Gasteiger partial charge in [-0.15, -0.1) is 24.0 Å². The molecular weight excluding hydrogens is 439 g/mol. The topological polar surface area (TPSA) is 56.7 Å². The number of halogens is 1. The average Bonchev–Trinajstić information content (AvgIpc) is 3.23. The number of guanidine groups is 1. The molecule has 5 nitrogen and oxygen atoms in total. The molecule has 0 spiro atoms. The number of carbonyl (C=O) groups is 1. The maximum absolute atomic E-state index is 11.9. The molecule has 2 aliphatic rings. The van der Waals surface area contributed by atoms with Gasteiger partial charge >= 0.3 is 0 Å². The SMILES string of the molecule is CN(C)C(=O)CN=C(NCCc1ccccc1)NC1CC2CCC1C2.I. The molecule has 26 heavy (non-hydrogen) atoms. The molecule has 1 aromatic carbocycles. The van der Waals surface area contributed by atoms with E-state index in [9.17, 15) is 4.79 Å². The Hall–Kier alpha value is -1.31. The van der Waals surface area contributed by atoms with Crippen molar-refractivity contribution in [3.8, 4) is 0 Å². The number of aliphatic imine (C=N–C) groups is 1. The summed E-state index contributed by atoms with van der Waals surface area (Å²) in [4.78, 5) is 18.0. The highest BCUT2D eigenvalue weighted by Gasteiger charge is 2.39. The Bertz CT molecular complexity index is 605. The highest BCUT2D eigenvalue weighted by Crippen LogP contribution is 2.44. The van der Waals surface area contributed by atoms with Gasteiger partial charge in [-0.05, 0) is 43.1 Å². The van der Waals surface area contributed by atoms with Crippen molar-refractivity contribution in [2.45, 2.75) is 38.1 Å². The van der Waals surface area contributed by atoms with Gasteiger partial charge in [0.2, 0.25) is 5.91 Å². The maximum atomic E-state index is 11.9. The molecule has 2 N–H and O–H groups in total. The summed E-state index contributed by atoms with van der Waals surface area (Å²) in [6.07, 6.45) is 6.25. The van der Waals surface area contributed by atoms with E-state index in [1.54, 1.807) is 19.0 Å². The van der Waals surface area contributed by atoms with Crippen LogP contribution in [0.15, 0.2) is 35.3 Å². The van der Waals surface area contributed by atoms with Gasteiger partial charge in [0.05, 0.1) is 0 Å². The minimum atomic E-state index is 0. The summed E-state index contributed by atoms with van der Waals surface area (Å²) in [5.74, 6) is 2.47. The number of hydrogen-bond donors (Lipinski definition) is 2. The van der Waals surface area contributed by atoms with Gasteiger partial charge in [-0.3, -0.25) is 4.79 Å². The van der Waals surface area contributed by atoms with Crippen LogP contribution < -0.4 is 10.6 Å². The number of amides is 1. The molecular formula is C20H31IN4O. The zero-order chi connectivity index (χ0) is 17.6. The van der Waals surface area contributed by atoms with Crippen LogP contribution in [-0.2, 0) is 11.2 Å². The molecule has 2 fully saturated rings. The van der Waals surface area contributed by atoms with E-state index in [0.29, 0.717) is 6.04 Å². The van der Waals surface area contributed by atoms with Gasteiger partial charge in [0.1, 0.15) is 6.54 Å². The highest BCUT2D eigenvalue weighted by atomic mass is 127. The van der Waals surface area contributed by atoms with Crippen LogP contribution in [0, 0.1) is 11.8 Å². The number of nitrogens with zero attached hydrogens (tertiary/aromatic N) is 2. The Balaban J connectivity index is 0.00000243. The molecule has 0 aromatic heterocycles. The quantitative estimate of drug-likeness (QED) is 0.382. The minimum absolute atomic E-state index is 0. The Morgan fingerprint density at radius 1 is 1.19 bits per heavy atom. The highest BCUT2D eigenvalue weighted by molar-refractivity contribution is 14.0. The molecule has 0 radical (unpaired) electrons. The van der Waals surface area contributed by atoms with Gasteiger partial charge in [0, 0.05) is 26.7 Å². The summed E-state index contributed by atoms with van der Waals surface area (Å²) in [6.45, 7) is 1.00. The Kier molecular flexibility index (Phi) is 8.18. The average molecular weight is 470 g/mol. The first-order chi connectivity index (χ1) is 12.1. The van der Waals surface area contributed by atoms with Crippen molar-refractivity contribution in [1.29, 1.82) is 0 Å². The second kappa shape index (κ2) is 10.1. The van der Waals surface area contributed by atoms with Crippen LogP contribution in [0.4, 0.5) is 0 Å². The molecule has 2 bridgehead atoms. The smallest absolute Gasteiger partial charge is 0.243 e. The molecule has 1 aromatic rings. The van der Waals surface area contributed by atoms with Crippen molar-refractivity contribution < 1.29 is 4.79 Å². The van der Waals surface area contributed by atoms with Crippen LogP contribution >= 0.6 is 24.0 Å². The molecule has 2 aliphatic carbocycles. The van der Waals surface area contributed by atoms with Crippen LogP contribution in [0.3, 0.4) is 0 Å². The van der Waals surface area contributed by atoms with Crippen LogP contribution in [-0.4, -0.2) is 50.0 Å². The van der Waals surface area contributed by atoms with Crippen molar-refractivity contribution in [1.82, 2.24) is 15.5 Å². The summed E-state index contributed by atoms with van der Waals surface area (Å²) in [5, 5.41) is 7.01. The molecule has 144 valence electrons. The molecule has 3 atom stereocenters. The second-order valence-corrected chi connectivity index (χ2v) is 7.54. The number of likely N-dealkylation sites (N-methyl/N-ethyl adjacent to an activating group) is 1. The van der Waals surface area contributed by atoms with Crippen LogP contribution in [0.1, 0.15) is 31.2 Å². The van der Waals surface area contributed by atoms with Gasteiger partial charge in [-0.1, -0.05) is 36.8 Å². The van der Waals surface area contributed by atoms with Gasteiger partial charge < -0.3 is 15.5 Å². The number of nitrogens with one attached hydrogen (secondary N) is 2. The van der Waals surface area contributed by atoms with E-state index in [-0.39, 0.29) is 36.4 Å². The Morgan fingerprint density at radius 3 is 2.58 bits per heavy atom.